The molecule has 4 nitrogen and oxygen atoms in total. The van der Waals surface area contributed by atoms with E-state index >= 15 is 0 Å². The molecule has 0 radical (unpaired) electrons. The number of hydrogen-bond donors (Lipinski definition) is 2. The number of hydrogen-bond acceptors (Lipinski definition) is 2. The van der Waals surface area contributed by atoms with E-state index in [0.29, 0.717) is 6.54 Å². The van der Waals surface area contributed by atoms with Crippen molar-refractivity contribution in [2.24, 2.45) is 0 Å². The van der Waals surface area contributed by atoms with Crippen molar-refractivity contribution in [1.29, 1.82) is 0 Å². The second kappa shape index (κ2) is 7.14. The van der Waals surface area contributed by atoms with Gasteiger partial charge in [0.05, 0.1) is 12.6 Å². The summed E-state index contributed by atoms with van der Waals surface area (Å²) >= 11 is 0. The highest BCUT2D eigenvalue weighted by atomic mass is 16.3. The van der Waals surface area contributed by atoms with E-state index < -0.39 is 0 Å². The van der Waals surface area contributed by atoms with Crippen molar-refractivity contribution >= 4 is 6.03 Å². The molecule has 0 aliphatic carbocycles. The van der Waals surface area contributed by atoms with E-state index in [0.717, 1.165) is 37.8 Å². The fourth-order valence-electron chi connectivity index (χ4n) is 2.51. The lowest BCUT2D eigenvalue weighted by molar-refractivity contribution is 0.133. The molecule has 104 valence electrons. The van der Waals surface area contributed by atoms with Crippen molar-refractivity contribution in [3.8, 4) is 0 Å². The van der Waals surface area contributed by atoms with Crippen LogP contribution >= 0.6 is 0 Å². The third-order valence-corrected chi connectivity index (χ3v) is 3.64. The zero-order chi connectivity index (χ0) is 13.5. The molecule has 1 fully saturated rings. The molecule has 1 atom stereocenters. The lowest BCUT2D eigenvalue weighted by Gasteiger charge is -2.28. The first-order valence-electron chi connectivity index (χ1n) is 7.00. The van der Waals surface area contributed by atoms with Crippen LogP contribution in [0.2, 0.25) is 0 Å². The lowest BCUT2D eigenvalue weighted by atomic mass is 10.1. The molecule has 0 bridgehead atoms. The number of aliphatic hydroxyl groups is 1. The molecule has 1 heterocycles. The van der Waals surface area contributed by atoms with Gasteiger partial charge in [-0.1, -0.05) is 43.2 Å². The average molecular weight is 262 g/mol. The number of carbonyl (C=O) groups is 1. The van der Waals surface area contributed by atoms with Gasteiger partial charge in [0.1, 0.15) is 0 Å². The predicted molar refractivity (Wildman–Crippen MR) is 74.7 cm³/mol. The normalized spacial score (nSPS) is 19.8. The van der Waals surface area contributed by atoms with Crippen molar-refractivity contribution < 1.29 is 9.90 Å². The zero-order valence-corrected chi connectivity index (χ0v) is 11.2. The molecule has 1 aliphatic rings. The summed E-state index contributed by atoms with van der Waals surface area (Å²) in [4.78, 5) is 14.0. The molecule has 0 spiro atoms. The number of nitrogens with one attached hydrogen (secondary N) is 1. The molecule has 1 saturated heterocycles. The van der Waals surface area contributed by atoms with Crippen molar-refractivity contribution in [3.05, 3.63) is 35.9 Å². The Morgan fingerprint density at radius 2 is 2.05 bits per heavy atom. The van der Waals surface area contributed by atoms with Crippen molar-refractivity contribution in [1.82, 2.24) is 10.2 Å². The second-order valence-corrected chi connectivity index (χ2v) is 5.02. The number of amides is 2. The summed E-state index contributed by atoms with van der Waals surface area (Å²) in [5.41, 5.74) is 1.09. The van der Waals surface area contributed by atoms with E-state index in [4.69, 9.17) is 0 Å². The van der Waals surface area contributed by atoms with E-state index in [1.165, 1.54) is 0 Å². The van der Waals surface area contributed by atoms with Crippen LogP contribution in [0.4, 0.5) is 4.79 Å². The molecule has 2 rings (SSSR count). The SMILES string of the molecule is O=C(NCc1ccccc1)N1CCCCCC1CO. The van der Waals surface area contributed by atoms with E-state index in [1.54, 1.807) is 4.90 Å². The Bertz CT molecular complexity index is 394. The largest absolute Gasteiger partial charge is 0.394 e. The summed E-state index contributed by atoms with van der Waals surface area (Å²) in [6, 6.07) is 9.77. The Balaban J connectivity index is 1.90. The van der Waals surface area contributed by atoms with Crippen molar-refractivity contribution in [2.75, 3.05) is 13.2 Å². The van der Waals surface area contributed by atoms with Crippen LogP contribution < -0.4 is 5.32 Å². The minimum Gasteiger partial charge on any atom is -0.394 e. The van der Waals surface area contributed by atoms with Gasteiger partial charge in [-0.15, -0.1) is 0 Å². The third kappa shape index (κ3) is 3.96. The van der Waals surface area contributed by atoms with Gasteiger partial charge in [0.15, 0.2) is 0 Å². The highest BCUT2D eigenvalue weighted by Gasteiger charge is 2.24. The number of urea groups is 1. The minimum atomic E-state index is -0.0650. The van der Waals surface area contributed by atoms with Crippen LogP contribution in [0, 0.1) is 0 Å². The minimum absolute atomic E-state index is 0.0294. The Labute approximate surface area is 114 Å². The Morgan fingerprint density at radius 1 is 1.26 bits per heavy atom. The van der Waals surface area contributed by atoms with Gasteiger partial charge in [0, 0.05) is 13.1 Å². The molecule has 2 amide bonds. The monoisotopic (exact) mass is 262 g/mol. The molecule has 1 aromatic rings. The molecular formula is C15H22N2O2. The van der Waals surface area contributed by atoms with Gasteiger partial charge >= 0.3 is 6.03 Å². The first-order chi connectivity index (χ1) is 9.31. The summed E-state index contributed by atoms with van der Waals surface area (Å²) in [5, 5.41) is 12.3. The fraction of sp³-hybridized carbons (Fsp3) is 0.533. The average Bonchev–Trinajstić information content (AvgIpc) is 2.71. The summed E-state index contributed by atoms with van der Waals surface area (Å²) in [5.74, 6) is 0. The standard InChI is InChI=1S/C15H22N2O2/c18-12-14-9-5-2-6-10-17(14)15(19)16-11-13-7-3-1-4-8-13/h1,3-4,7-8,14,18H,2,5-6,9-12H2,(H,16,19). The highest BCUT2D eigenvalue weighted by Crippen LogP contribution is 2.16. The topological polar surface area (TPSA) is 52.6 Å². The van der Waals surface area contributed by atoms with E-state index in [-0.39, 0.29) is 18.7 Å². The van der Waals surface area contributed by atoms with Gasteiger partial charge in [-0.3, -0.25) is 0 Å². The molecule has 4 heteroatoms. The number of benzene rings is 1. The van der Waals surface area contributed by atoms with E-state index in [1.807, 2.05) is 30.3 Å². The summed E-state index contributed by atoms with van der Waals surface area (Å²) in [6.45, 7) is 1.33. The van der Waals surface area contributed by atoms with Gasteiger partial charge in [0.25, 0.3) is 0 Å². The Morgan fingerprint density at radius 3 is 2.79 bits per heavy atom. The number of rotatable bonds is 3. The maximum Gasteiger partial charge on any atom is 0.317 e. The van der Waals surface area contributed by atoms with Gasteiger partial charge in [0.2, 0.25) is 0 Å². The lowest BCUT2D eigenvalue weighted by Crippen LogP contribution is -2.47. The van der Waals surface area contributed by atoms with Gasteiger partial charge in [-0.2, -0.15) is 0 Å². The van der Waals surface area contributed by atoms with Crippen LogP contribution in [0.5, 0.6) is 0 Å². The summed E-state index contributed by atoms with van der Waals surface area (Å²) < 4.78 is 0. The quantitative estimate of drug-likeness (QED) is 0.877. The molecular weight excluding hydrogens is 240 g/mol. The predicted octanol–water partition coefficient (Wildman–Crippen LogP) is 2.13. The first kappa shape index (κ1) is 13.9. The Hall–Kier alpha value is -1.55. The van der Waals surface area contributed by atoms with Crippen LogP contribution in [0.25, 0.3) is 0 Å². The second-order valence-electron chi connectivity index (χ2n) is 5.02. The van der Waals surface area contributed by atoms with Gasteiger partial charge in [-0.25, -0.2) is 4.79 Å². The Kier molecular flexibility index (Phi) is 5.21. The molecule has 1 aromatic carbocycles. The summed E-state index contributed by atoms with van der Waals surface area (Å²) in [7, 11) is 0. The van der Waals surface area contributed by atoms with Crippen LogP contribution in [-0.2, 0) is 6.54 Å². The van der Waals surface area contributed by atoms with Crippen molar-refractivity contribution in [3.63, 3.8) is 0 Å². The van der Waals surface area contributed by atoms with E-state index in [2.05, 4.69) is 5.32 Å². The zero-order valence-electron chi connectivity index (χ0n) is 11.2. The number of carbonyl (C=O) groups excluding carboxylic acids is 1. The highest BCUT2D eigenvalue weighted by molar-refractivity contribution is 5.74. The summed E-state index contributed by atoms with van der Waals surface area (Å²) in [6.07, 6.45) is 4.15. The third-order valence-electron chi connectivity index (χ3n) is 3.64. The molecule has 1 aliphatic heterocycles. The molecule has 1 unspecified atom stereocenters. The maximum absolute atomic E-state index is 12.2. The number of nitrogens with zero attached hydrogens (tertiary/aromatic N) is 1. The number of likely N-dealkylation sites (tertiary alicyclic amines) is 1. The number of aliphatic hydroxyl groups excluding tert-OH is 1. The van der Waals surface area contributed by atoms with Crippen molar-refractivity contribution in [2.45, 2.75) is 38.3 Å². The molecule has 0 aromatic heterocycles. The van der Waals surface area contributed by atoms with Gasteiger partial charge in [-0.05, 0) is 18.4 Å². The van der Waals surface area contributed by atoms with Crippen LogP contribution in [0.15, 0.2) is 30.3 Å². The molecule has 19 heavy (non-hydrogen) atoms. The smallest absolute Gasteiger partial charge is 0.317 e. The fourth-order valence-corrected chi connectivity index (χ4v) is 2.51. The van der Waals surface area contributed by atoms with Crippen LogP contribution in [0.1, 0.15) is 31.2 Å². The van der Waals surface area contributed by atoms with Crippen LogP contribution in [-0.4, -0.2) is 35.2 Å². The first-order valence-corrected chi connectivity index (χ1v) is 7.00. The maximum atomic E-state index is 12.2. The van der Waals surface area contributed by atoms with Crippen LogP contribution in [0.3, 0.4) is 0 Å². The van der Waals surface area contributed by atoms with E-state index in [9.17, 15) is 9.90 Å². The molecule has 0 saturated carbocycles. The van der Waals surface area contributed by atoms with Gasteiger partial charge < -0.3 is 15.3 Å². The molecule has 2 N–H and O–H groups in total.